The molecule has 28 heavy (non-hydrogen) atoms. The fourth-order valence-corrected chi connectivity index (χ4v) is 3.59. The number of anilines is 3. The predicted octanol–water partition coefficient (Wildman–Crippen LogP) is 4.42. The lowest BCUT2D eigenvalue weighted by Crippen LogP contribution is -2.12. The minimum absolute atomic E-state index is 0.193. The third-order valence-electron chi connectivity index (χ3n) is 4.22. The molecule has 0 saturated heterocycles. The average Bonchev–Trinajstić information content (AvgIpc) is 3.37. The summed E-state index contributed by atoms with van der Waals surface area (Å²) < 4.78 is 10.6. The molecule has 2 aromatic heterocycles. The van der Waals surface area contributed by atoms with Crippen LogP contribution in [0.5, 0.6) is 11.5 Å². The Bertz CT molecular complexity index is 1190. The second-order valence-electron chi connectivity index (χ2n) is 6.10. The molecule has 3 heterocycles. The van der Waals surface area contributed by atoms with E-state index < -0.39 is 0 Å². The molecular weight excluding hydrogens is 376 g/mol. The maximum absolute atomic E-state index is 12.5. The normalized spacial score (nSPS) is 12.1. The van der Waals surface area contributed by atoms with Crippen LogP contribution in [0.25, 0.3) is 10.9 Å². The van der Waals surface area contributed by atoms with Crippen LogP contribution in [0, 0.1) is 0 Å². The molecule has 0 atom stereocenters. The highest BCUT2D eigenvalue weighted by atomic mass is 32.1. The zero-order chi connectivity index (χ0) is 18.9. The number of amides is 1. The van der Waals surface area contributed by atoms with Gasteiger partial charge in [-0.3, -0.25) is 9.78 Å². The summed E-state index contributed by atoms with van der Waals surface area (Å²) in [6.07, 6.45) is 1.77. The van der Waals surface area contributed by atoms with Crippen molar-refractivity contribution in [3.05, 3.63) is 65.8 Å². The van der Waals surface area contributed by atoms with Crippen molar-refractivity contribution in [2.24, 2.45) is 0 Å². The molecule has 1 aliphatic heterocycles. The maximum atomic E-state index is 12.5. The van der Waals surface area contributed by atoms with Crippen LogP contribution in [0.3, 0.4) is 0 Å². The van der Waals surface area contributed by atoms with Crippen LogP contribution < -0.4 is 20.1 Å². The van der Waals surface area contributed by atoms with Crippen LogP contribution in [0.4, 0.5) is 16.5 Å². The first-order chi connectivity index (χ1) is 13.7. The number of hydrogen-bond acceptors (Lipinski definition) is 7. The van der Waals surface area contributed by atoms with E-state index in [1.165, 1.54) is 11.3 Å². The quantitative estimate of drug-likeness (QED) is 0.537. The van der Waals surface area contributed by atoms with Crippen molar-refractivity contribution in [1.82, 2.24) is 9.97 Å². The number of fused-ring (bicyclic) bond motifs is 2. The Morgan fingerprint density at radius 1 is 1.04 bits per heavy atom. The highest BCUT2D eigenvalue weighted by molar-refractivity contribution is 7.14. The zero-order valence-corrected chi connectivity index (χ0v) is 15.3. The van der Waals surface area contributed by atoms with Gasteiger partial charge in [-0.2, -0.15) is 0 Å². The Kier molecular flexibility index (Phi) is 4.02. The van der Waals surface area contributed by atoms with Gasteiger partial charge in [0.25, 0.3) is 5.91 Å². The van der Waals surface area contributed by atoms with E-state index in [-0.39, 0.29) is 12.7 Å². The minimum atomic E-state index is -0.286. The molecule has 0 fully saturated rings. The van der Waals surface area contributed by atoms with Crippen LogP contribution >= 0.6 is 11.3 Å². The summed E-state index contributed by atoms with van der Waals surface area (Å²) in [5.74, 6) is 0.999. The molecule has 0 saturated carbocycles. The van der Waals surface area contributed by atoms with Gasteiger partial charge in [0.1, 0.15) is 5.69 Å². The van der Waals surface area contributed by atoms with Crippen molar-refractivity contribution in [3.63, 3.8) is 0 Å². The molecule has 2 N–H and O–H groups in total. The number of pyridine rings is 1. The molecule has 0 bridgehead atoms. The molecule has 5 rings (SSSR count). The first-order valence-corrected chi connectivity index (χ1v) is 9.41. The van der Waals surface area contributed by atoms with E-state index in [1.54, 1.807) is 29.8 Å². The number of aromatic nitrogens is 2. The van der Waals surface area contributed by atoms with E-state index in [4.69, 9.17) is 9.47 Å². The molecule has 0 aliphatic carbocycles. The Labute approximate surface area is 164 Å². The Morgan fingerprint density at radius 2 is 1.93 bits per heavy atom. The van der Waals surface area contributed by atoms with Crippen molar-refractivity contribution in [3.8, 4) is 11.5 Å². The molecule has 1 aliphatic rings. The van der Waals surface area contributed by atoms with Gasteiger partial charge < -0.3 is 20.1 Å². The predicted molar refractivity (Wildman–Crippen MR) is 108 cm³/mol. The first kappa shape index (κ1) is 16.5. The minimum Gasteiger partial charge on any atom is -0.454 e. The lowest BCUT2D eigenvalue weighted by molar-refractivity contribution is 0.102. The molecule has 4 aromatic rings. The molecule has 1 amide bonds. The maximum Gasteiger partial charge on any atom is 0.275 e. The summed E-state index contributed by atoms with van der Waals surface area (Å²) in [4.78, 5) is 21.2. The molecule has 8 heteroatoms. The molecule has 0 unspecified atom stereocenters. The van der Waals surface area contributed by atoms with Crippen LogP contribution in [-0.4, -0.2) is 22.7 Å². The topological polar surface area (TPSA) is 85.4 Å². The van der Waals surface area contributed by atoms with Crippen LogP contribution in [0.1, 0.15) is 10.5 Å². The number of carbonyl (C=O) groups is 1. The summed E-state index contributed by atoms with van der Waals surface area (Å²) in [6.45, 7) is 0.193. The highest BCUT2D eigenvalue weighted by Crippen LogP contribution is 2.34. The Morgan fingerprint density at radius 3 is 2.89 bits per heavy atom. The fraction of sp³-hybridized carbons (Fsp3) is 0.0500. The molecule has 2 aromatic carbocycles. The lowest BCUT2D eigenvalue weighted by Gasteiger charge is -2.05. The summed E-state index contributed by atoms with van der Waals surface area (Å²) in [5, 5.41) is 9.44. The second kappa shape index (κ2) is 6.82. The monoisotopic (exact) mass is 390 g/mol. The molecule has 0 radical (unpaired) electrons. The number of rotatable bonds is 4. The number of benzene rings is 2. The zero-order valence-electron chi connectivity index (χ0n) is 14.5. The molecule has 7 nitrogen and oxygen atoms in total. The number of thiazole rings is 1. The second-order valence-corrected chi connectivity index (χ2v) is 6.95. The highest BCUT2D eigenvalue weighted by Gasteiger charge is 2.16. The number of carbonyl (C=O) groups excluding carboxylic acids is 1. The van der Waals surface area contributed by atoms with Crippen LogP contribution in [-0.2, 0) is 0 Å². The fourth-order valence-electron chi connectivity index (χ4n) is 2.88. The van der Waals surface area contributed by atoms with E-state index in [0.717, 1.165) is 16.6 Å². The summed E-state index contributed by atoms with van der Waals surface area (Å²) >= 11 is 1.37. The van der Waals surface area contributed by atoms with Gasteiger partial charge in [0.2, 0.25) is 6.79 Å². The van der Waals surface area contributed by atoms with Crippen molar-refractivity contribution >= 4 is 44.7 Å². The van der Waals surface area contributed by atoms with Crippen molar-refractivity contribution < 1.29 is 14.3 Å². The van der Waals surface area contributed by atoms with E-state index in [1.807, 2.05) is 30.3 Å². The summed E-state index contributed by atoms with van der Waals surface area (Å²) in [6, 6.07) is 15.0. The average molecular weight is 390 g/mol. The molecule has 0 spiro atoms. The van der Waals surface area contributed by atoms with Gasteiger partial charge in [-0.15, -0.1) is 11.3 Å². The lowest BCUT2D eigenvalue weighted by atomic mass is 10.2. The van der Waals surface area contributed by atoms with Crippen LogP contribution in [0.2, 0.25) is 0 Å². The smallest absolute Gasteiger partial charge is 0.275 e. The number of ether oxygens (including phenoxy) is 2. The Balaban J connectivity index is 1.30. The van der Waals surface area contributed by atoms with Gasteiger partial charge >= 0.3 is 0 Å². The first-order valence-electron chi connectivity index (χ1n) is 8.53. The standard InChI is InChI=1S/C20H14N4O3S/c25-19(22-14-4-6-17-18(9-14)27-11-26-17)16-10-28-20(24-16)23-13-3-5-15-12(8-13)2-1-7-21-15/h1-10H,11H2,(H,22,25)(H,23,24). The van der Waals surface area contributed by atoms with Crippen molar-refractivity contribution in [1.29, 1.82) is 0 Å². The van der Waals surface area contributed by atoms with Gasteiger partial charge in [-0.05, 0) is 36.4 Å². The number of nitrogens with one attached hydrogen (secondary N) is 2. The third-order valence-corrected chi connectivity index (χ3v) is 4.98. The molecular formula is C20H14N4O3S. The van der Waals surface area contributed by atoms with E-state index >= 15 is 0 Å². The SMILES string of the molecule is O=C(Nc1ccc2c(c1)OCO2)c1csc(Nc2ccc3ncccc3c2)n1. The van der Waals surface area contributed by atoms with Gasteiger partial charge in [0.05, 0.1) is 5.52 Å². The largest absolute Gasteiger partial charge is 0.454 e. The number of nitrogens with zero attached hydrogens (tertiary/aromatic N) is 2. The van der Waals surface area contributed by atoms with Crippen molar-refractivity contribution in [2.45, 2.75) is 0 Å². The van der Waals surface area contributed by atoms with Gasteiger partial charge in [0, 0.05) is 34.4 Å². The number of hydrogen-bond donors (Lipinski definition) is 2. The van der Waals surface area contributed by atoms with Gasteiger partial charge in [0.15, 0.2) is 16.6 Å². The van der Waals surface area contributed by atoms with E-state index in [2.05, 4.69) is 20.6 Å². The Hall–Kier alpha value is -3.65. The summed E-state index contributed by atoms with van der Waals surface area (Å²) in [5.41, 5.74) is 2.78. The summed E-state index contributed by atoms with van der Waals surface area (Å²) in [7, 11) is 0. The van der Waals surface area contributed by atoms with Crippen molar-refractivity contribution in [2.75, 3.05) is 17.4 Å². The van der Waals surface area contributed by atoms with Crippen LogP contribution in [0.15, 0.2) is 60.1 Å². The van der Waals surface area contributed by atoms with Gasteiger partial charge in [-0.1, -0.05) is 6.07 Å². The third kappa shape index (κ3) is 3.21. The van der Waals surface area contributed by atoms with E-state index in [9.17, 15) is 4.79 Å². The van der Waals surface area contributed by atoms with E-state index in [0.29, 0.717) is 28.0 Å². The van der Waals surface area contributed by atoms with Gasteiger partial charge in [-0.25, -0.2) is 4.98 Å². The molecule has 138 valence electrons.